The number of hydrogen-bond donors (Lipinski definition) is 0. The Hall–Kier alpha value is -3.08. The summed E-state index contributed by atoms with van der Waals surface area (Å²) >= 11 is 0. The summed E-state index contributed by atoms with van der Waals surface area (Å²) in [5.41, 5.74) is 1.50. The van der Waals surface area contributed by atoms with Crippen molar-refractivity contribution in [3.63, 3.8) is 0 Å². The van der Waals surface area contributed by atoms with E-state index in [-0.39, 0.29) is 5.91 Å². The third kappa shape index (κ3) is 4.26. The van der Waals surface area contributed by atoms with Gasteiger partial charge in [-0.05, 0) is 36.8 Å². The van der Waals surface area contributed by atoms with Crippen LogP contribution in [0.4, 0.5) is 0 Å². The molecule has 0 saturated heterocycles. The van der Waals surface area contributed by atoms with Crippen molar-refractivity contribution in [3.8, 4) is 5.88 Å². The molecule has 2 heterocycles. The first-order valence-electron chi connectivity index (χ1n) is 8.21. The van der Waals surface area contributed by atoms with Crippen LogP contribution in [0, 0.1) is 0 Å². The Labute approximate surface area is 146 Å². The predicted molar refractivity (Wildman–Crippen MR) is 94.1 cm³/mol. The molecule has 0 aliphatic rings. The number of furan rings is 1. The molecule has 0 N–H and O–H groups in total. The molecule has 5 heteroatoms. The molecule has 0 unspecified atom stereocenters. The highest BCUT2D eigenvalue weighted by Crippen LogP contribution is 2.20. The summed E-state index contributed by atoms with van der Waals surface area (Å²) in [6, 6.07) is 17.0. The Morgan fingerprint density at radius 3 is 2.64 bits per heavy atom. The molecule has 128 valence electrons. The number of hydrogen-bond acceptors (Lipinski definition) is 4. The normalized spacial score (nSPS) is 10.4. The van der Waals surface area contributed by atoms with E-state index in [0.29, 0.717) is 31.1 Å². The van der Waals surface area contributed by atoms with Crippen LogP contribution in [0.5, 0.6) is 5.88 Å². The summed E-state index contributed by atoms with van der Waals surface area (Å²) in [5, 5.41) is 0. The summed E-state index contributed by atoms with van der Waals surface area (Å²) < 4.78 is 10.9. The van der Waals surface area contributed by atoms with E-state index in [1.54, 1.807) is 29.5 Å². The first-order chi connectivity index (χ1) is 12.3. The average molecular weight is 336 g/mol. The van der Waals surface area contributed by atoms with E-state index >= 15 is 0 Å². The Bertz CT molecular complexity index is 801. The fourth-order valence-corrected chi connectivity index (χ4v) is 2.57. The van der Waals surface area contributed by atoms with Crippen molar-refractivity contribution in [2.24, 2.45) is 0 Å². The summed E-state index contributed by atoms with van der Waals surface area (Å²) in [4.78, 5) is 19.0. The number of amides is 1. The Morgan fingerprint density at radius 1 is 1.08 bits per heavy atom. The van der Waals surface area contributed by atoms with Gasteiger partial charge in [-0.3, -0.25) is 4.79 Å². The zero-order valence-corrected chi connectivity index (χ0v) is 14.1. The number of carbonyl (C=O) groups excluding carboxylic acids is 1. The number of rotatable bonds is 7. The average Bonchev–Trinajstić information content (AvgIpc) is 3.15. The fraction of sp³-hybridized carbons (Fsp3) is 0.200. The van der Waals surface area contributed by atoms with Crippen molar-refractivity contribution in [1.82, 2.24) is 9.88 Å². The third-order valence-corrected chi connectivity index (χ3v) is 3.71. The molecule has 0 fully saturated rings. The van der Waals surface area contributed by atoms with Gasteiger partial charge in [-0.2, -0.15) is 0 Å². The molecule has 0 aliphatic heterocycles. The second kappa shape index (κ2) is 8.15. The molecule has 3 rings (SSSR count). The van der Waals surface area contributed by atoms with Gasteiger partial charge in [0.1, 0.15) is 11.3 Å². The largest absolute Gasteiger partial charge is 0.477 e. The van der Waals surface area contributed by atoms with E-state index in [0.717, 1.165) is 11.3 Å². The Kier molecular flexibility index (Phi) is 5.46. The van der Waals surface area contributed by atoms with E-state index in [1.807, 2.05) is 49.4 Å². The van der Waals surface area contributed by atoms with Gasteiger partial charge in [-0.25, -0.2) is 4.98 Å². The van der Waals surface area contributed by atoms with Crippen LogP contribution in [0.1, 0.15) is 28.6 Å². The topological polar surface area (TPSA) is 55.6 Å². The molecule has 5 nitrogen and oxygen atoms in total. The number of benzene rings is 1. The van der Waals surface area contributed by atoms with Crippen molar-refractivity contribution >= 4 is 5.91 Å². The molecular weight excluding hydrogens is 316 g/mol. The van der Waals surface area contributed by atoms with Gasteiger partial charge in [0.2, 0.25) is 5.88 Å². The minimum atomic E-state index is -0.142. The van der Waals surface area contributed by atoms with Gasteiger partial charge < -0.3 is 14.1 Å². The van der Waals surface area contributed by atoms with E-state index in [4.69, 9.17) is 9.15 Å². The summed E-state index contributed by atoms with van der Waals surface area (Å²) in [7, 11) is 0. The first kappa shape index (κ1) is 16.8. The van der Waals surface area contributed by atoms with Crippen molar-refractivity contribution in [3.05, 3.63) is 83.9 Å². The van der Waals surface area contributed by atoms with E-state index < -0.39 is 0 Å². The maximum Gasteiger partial charge on any atom is 0.260 e. The second-order valence-electron chi connectivity index (χ2n) is 5.52. The molecule has 0 aliphatic carbocycles. The maximum atomic E-state index is 13.1. The Morgan fingerprint density at radius 2 is 1.92 bits per heavy atom. The first-order valence-corrected chi connectivity index (χ1v) is 8.21. The molecule has 1 amide bonds. The van der Waals surface area contributed by atoms with Crippen LogP contribution in [-0.4, -0.2) is 22.4 Å². The lowest BCUT2D eigenvalue weighted by Crippen LogP contribution is -2.30. The monoisotopic (exact) mass is 336 g/mol. The summed E-state index contributed by atoms with van der Waals surface area (Å²) in [5.74, 6) is 0.940. The lowest BCUT2D eigenvalue weighted by molar-refractivity contribution is 0.0712. The minimum absolute atomic E-state index is 0.142. The number of carbonyl (C=O) groups is 1. The van der Waals surface area contributed by atoms with Gasteiger partial charge in [0.25, 0.3) is 5.91 Å². The van der Waals surface area contributed by atoms with E-state index in [1.165, 1.54) is 0 Å². The lowest BCUT2D eigenvalue weighted by Gasteiger charge is -2.22. The number of aromatic nitrogens is 1. The smallest absolute Gasteiger partial charge is 0.260 e. The van der Waals surface area contributed by atoms with Crippen LogP contribution >= 0.6 is 0 Å². The standard InChI is InChI=1S/C20H20N2O3/c1-2-24-19-18(11-6-12-21-19)20(23)22(15-17-10-7-13-25-17)14-16-8-4-3-5-9-16/h3-13H,2,14-15H2,1H3. The number of ether oxygens (including phenoxy) is 1. The molecule has 0 spiro atoms. The molecule has 2 aromatic heterocycles. The van der Waals surface area contributed by atoms with Crippen LogP contribution < -0.4 is 4.74 Å². The van der Waals surface area contributed by atoms with Gasteiger partial charge in [0.05, 0.1) is 19.4 Å². The quantitative estimate of drug-likeness (QED) is 0.656. The third-order valence-electron chi connectivity index (χ3n) is 3.71. The number of nitrogens with zero attached hydrogens (tertiary/aromatic N) is 2. The molecule has 25 heavy (non-hydrogen) atoms. The summed E-state index contributed by atoms with van der Waals surface area (Å²) in [6.45, 7) is 3.17. The zero-order chi connectivity index (χ0) is 17.5. The molecule has 0 bridgehead atoms. The van der Waals surface area contributed by atoms with Gasteiger partial charge >= 0.3 is 0 Å². The fourth-order valence-electron chi connectivity index (χ4n) is 2.57. The Balaban J connectivity index is 1.89. The van der Waals surface area contributed by atoms with Crippen LogP contribution in [0.15, 0.2) is 71.5 Å². The van der Waals surface area contributed by atoms with E-state index in [2.05, 4.69) is 4.98 Å². The van der Waals surface area contributed by atoms with Crippen LogP contribution in [-0.2, 0) is 13.1 Å². The zero-order valence-electron chi connectivity index (χ0n) is 14.1. The molecular formula is C20H20N2O3. The van der Waals surface area contributed by atoms with Crippen LogP contribution in [0.3, 0.4) is 0 Å². The van der Waals surface area contributed by atoms with Gasteiger partial charge in [0, 0.05) is 12.7 Å². The lowest BCUT2D eigenvalue weighted by atomic mass is 10.1. The highest BCUT2D eigenvalue weighted by Gasteiger charge is 2.21. The molecule has 1 aromatic carbocycles. The van der Waals surface area contributed by atoms with E-state index in [9.17, 15) is 4.79 Å². The maximum absolute atomic E-state index is 13.1. The van der Waals surface area contributed by atoms with Gasteiger partial charge in [-0.15, -0.1) is 0 Å². The highest BCUT2D eigenvalue weighted by molar-refractivity contribution is 5.96. The van der Waals surface area contributed by atoms with Crippen LogP contribution in [0.25, 0.3) is 0 Å². The van der Waals surface area contributed by atoms with Crippen LogP contribution in [0.2, 0.25) is 0 Å². The van der Waals surface area contributed by atoms with Gasteiger partial charge in [-0.1, -0.05) is 30.3 Å². The van der Waals surface area contributed by atoms with Crippen molar-refractivity contribution in [2.75, 3.05) is 6.61 Å². The van der Waals surface area contributed by atoms with Crippen molar-refractivity contribution in [1.29, 1.82) is 0 Å². The van der Waals surface area contributed by atoms with Gasteiger partial charge in [0.15, 0.2) is 0 Å². The summed E-state index contributed by atoms with van der Waals surface area (Å²) in [6.07, 6.45) is 3.23. The van der Waals surface area contributed by atoms with Crippen molar-refractivity contribution < 1.29 is 13.9 Å². The molecule has 0 atom stereocenters. The minimum Gasteiger partial charge on any atom is -0.477 e. The number of pyridine rings is 1. The second-order valence-corrected chi connectivity index (χ2v) is 5.52. The molecule has 3 aromatic rings. The SMILES string of the molecule is CCOc1ncccc1C(=O)N(Cc1ccccc1)Cc1ccco1. The highest BCUT2D eigenvalue weighted by atomic mass is 16.5. The molecule has 0 radical (unpaired) electrons. The van der Waals surface area contributed by atoms with Crippen molar-refractivity contribution in [2.45, 2.75) is 20.0 Å². The molecule has 0 saturated carbocycles. The predicted octanol–water partition coefficient (Wildman–Crippen LogP) is 3.92.